The second kappa shape index (κ2) is 5.07. The molecule has 7 heteroatoms. The molecule has 21 heavy (non-hydrogen) atoms. The van der Waals surface area contributed by atoms with Crippen molar-refractivity contribution in [2.45, 2.75) is 24.0 Å². The van der Waals surface area contributed by atoms with E-state index >= 15 is 0 Å². The van der Waals surface area contributed by atoms with Crippen molar-refractivity contribution in [1.29, 1.82) is 0 Å². The number of Topliss-reactive ketones (excluding diaryl/α,β-unsaturated/α-hetero) is 1. The van der Waals surface area contributed by atoms with Crippen molar-refractivity contribution in [3.8, 4) is 11.5 Å². The average molecular weight is 304 g/mol. The summed E-state index contributed by atoms with van der Waals surface area (Å²) >= 11 is 1.26. The number of thioether (sulfide) groups is 1. The van der Waals surface area contributed by atoms with Crippen LogP contribution in [0.4, 0.5) is 0 Å². The first kappa shape index (κ1) is 12.7. The van der Waals surface area contributed by atoms with Crippen LogP contribution in [-0.4, -0.2) is 28.5 Å². The molecule has 0 N–H and O–H groups in total. The average Bonchev–Trinajstić information content (AvgIpc) is 3.07. The predicted octanol–water partition coefficient (Wildman–Crippen LogP) is 2.65. The number of benzene rings is 1. The molecule has 6 nitrogen and oxygen atoms in total. The summed E-state index contributed by atoms with van der Waals surface area (Å²) in [6, 6.07) is 5.19. The molecule has 1 aliphatic carbocycles. The molecule has 0 spiro atoms. The molecule has 1 fully saturated rings. The highest BCUT2D eigenvalue weighted by Gasteiger charge is 2.29. The first-order valence-electron chi connectivity index (χ1n) is 6.68. The molecule has 1 aromatic carbocycles. The van der Waals surface area contributed by atoms with Crippen molar-refractivity contribution in [1.82, 2.24) is 10.2 Å². The van der Waals surface area contributed by atoms with Crippen LogP contribution in [0.1, 0.15) is 35.0 Å². The number of carbonyl (C=O) groups is 1. The molecule has 0 unspecified atom stereocenters. The molecular formula is C14H12N2O4S. The molecule has 2 heterocycles. The number of fused-ring (bicyclic) bond motifs is 1. The second-order valence-electron chi connectivity index (χ2n) is 4.96. The van der Waals surface area contributed by atoms with Gasteiger partial charge in [0.05, 0.1) is 5.75 Å². The zero-order valence-corrected chi connectivity index (χ0v) is 11.9. The maximum Gasteiger partial charge on any atom is 0.277 e. The number of aromatic nitrogens is 2. The van der Waals surface area contributed by atoms with Crippen LogP contribution < -0.4 is 9.47 Å². The summed E-state index contributed by atoms with van der Waals surface area (Å²) < 4.78 is 16.0. The van der Waals surface area contributed by atoms with Crippen LogP contribution in [0.15, 0.2) is 27.8 Å². The topological polar surface area (TPSA) is 74.5 Å². The van der Waals surface area contributed by atoms with Gasteiger partial charge in [-0.3, -0.25) is 4.79 Å². The molecule has 2 aromatic rings. The van der Waals surface area contributed by atoms with E-state index in [4.69, 9.17) is 13.9 Å². The van der Waals surface area contributed by atoms with E-state index in [0.29, 0.717) is 34.1 Å². The Morgan fingerprint density at radius 3 is 2.95 bits per heavy atom. The van der Waals surface area contributed by atoms with Gasteiger partial charge in [-0.25, -0.2) is 0 Å². The first-order valence-corrected chi connectivity index (χ1v) is 7.67. The van der Waals surface area contributed by atoms with Crippen LogP contribution in [0.2, 0.25) is 0 Å². The molecule has 1 saturated carbocycles. The van der Waals surface area contributed by atoms with Crippen LogP contribution in [0.5, 0.6) is 11.5 Å². The summed E-state index contributed by atoms with van der Waals surface area (Å²) in [5.41, 5.74) is 0.591. The smallest absolute Gasteiger partial charge is 0.277 e. The van der Waals surface area contributed by atoms with Gasteiger partial charge in [-0.05, 0) is 31.0 Å². The van der Waals surface area contributed by atoms with Gasteiger partial charge < -0.3 is 13.9 Å². The Hall–Kier alpha value is -2.02. The van der Waals surface area contributed by atoms with Crippen molar-refractivity contribution < 1.29 is 18.7 Å². The van der Waals surface area contributed by atoms with Crippen molar-refractivity contribution >= 4 is 17.5 Å². The minimum Gasteiger partial charge on any atom is -0.454 e. The van der Waals surface area contributed by atoms with E-state index in [9.17, 15) is 4.79 Å². The van der Waals surface area contributed by atoms with Crippen LogP contribution >= 0.6 is 11.8 Å². The van der Waals surface area contributed by atoms with Crippen LogP contribution in [0.25, 0.3) is 0 Å². The summed E-state index contributed by atoms with van der Waals surface area (Å²) in [5, 5.41) is 8.39. The fraction of sp³-hybridized carbons (Fsp3) is 0.357. The van der Waals surface area contributed by atoms with Crippen LogP contribution in [0, 0.1) is 0 Å². The molecule has 108 valence electrons. The van der Waals surface area contributed by atoms with Gasteiger partial charge in [0.25, 0.3) is 5.22 Å². The van der Waals surface area contributed by atoms with E-state index in [1.165, 1.54) is 11.8 Å². The number of hydrogen-bond acceptors (Lipinski definition) is 7. The van der Waals surface area contributed by atoms with Crippen LogP contribution in [0.3, 0.4) is 0 Å². The Labute approximate surface area is 124 Å². The van der Waals surface area contributed by atoms with Gasteiger partial charge in [0.15, 0.2) is 17.3 Å². The third-order valence-electron chi connectivity index (χ3n) is 3.37. The molecule has 0 saturated heterocycles. The van der Waals surface area contributed by atoms with Crippen molar-refractivity contribution in [2.24, 2.45) is 0 Å². The minimum absolute atomic E-state index is 0.00975. The van der Waals surface area contributed by atoms with Gasteiger partial charge >= 0.3 is 0 Å². The fourth-order valence-electron chi connectivity index (χ4n) is 2.05. The van der Waals surface area contributed by atoms with Crippen molar-refractivity contribution in [2.75, 3.05) is 12.5 Å². The second-order valence-corrected chi connectivity index (χ2v) is 5.89. The molecule has 1 aliphatic heterocycles. The lowest BCUT2D eigenvalue weighted by molar-refractivity contribution is 0.102. The Kier molecular flexibility index (Phi) is 3.07. The van der Waals surface area contributed by atoms with Gasteiger partial charge in [-0.15, -0.1) is 10.2 Å². The molecule has 0 bridgehead atoms. The van der Waals surface area contributed by atoms with Gasteiger partial charge in [0.1, 0.15) is 0 Å². The number of ketones is 1. The van der Waals surface area contributed by atoms with Gasteiger partial charge in [0, 0.05) is 11.5 Å². The molecule has 0 atom stereocenters. The highest BCUT2D eigenvalue weighted by Crippen LogP contribution is 2.40. The summed E-state index contributed by atoms with van der Waals surface area (Å²) in [4.78, 5) is 12.2. The minimum atomic E-state index is -0.00975. The normalized spacial score (nSPS) is 16.2. The SMILES string of the molecule is O=C(CSc1nnc(C2CC2)o1)c1ccc2c(c1)OCO2. The highest BCUT2D eigenvalue weighted by atomic mass is 32.2. The van der Waals surface area contributed by atoms with E-state index in [0.717, 1.165) is 12.8 Å². The van der Waals surface area contributed by atoms with E-state index < -0.39 is 0 Å². The Morgan fingerprint density at radius 1 is 1.24 bits per heavy atom. The van der Waals surface area contributed by atoms with E-state index in [-0.39, 0.29) is 18.3 Å². The zero-order chi connectivity index (χ0) is 14.2. The predicted molar refractivity (Wildman–Crippen MR) is 73.9 cm³/mol. The van der Waals surface area contributed by atoms with Crippen molar-refractivity contribution in [3.05, 3.63) is 29.7 Å². The standard InChI is InChI=1S/C14H12N2O4S/c17-10(9-3-4-11-12(5-9)19-7-18-11)6-21-14-16-15-13(20-14)8-1-2-8/h3-5,8H,1-2,6-7H2. The Bertz CT molecular complexity index is 696. The molecular weight excluding hydrogens is 292 g/mol. The van der Waals surface area contributed by atoms with Crippen molar-refractivity contribution in [3.63, 3.8) is 0 Å². The molecule has 1 aromatic heterocycles. The van der Waals surface area contributed by atoms with E-state index in [1.54, 1.807) is 18.2 Å². The largest absolute Gasteiger partial charge is 0.454 e. The third-order valence-corrected chi connectivity index (χ3v) is 4.19. The monoisotopic (exact) mass is 304 g/mol. The Balaban J connectivity index is 1.40. The maximum atomic E-state index is 12.2. The lowest BCUT2D eigenvalue weighted by Gasteiger charge is -2.01. The molecule has 0 radical (unpaired) electrons. The zero-order valence-electron chi connectivity index (χ0n) is 11.1. The maximum absolute atomic E-state index is 12.2. The third kappa shape index (κ3) is 2.61. The van der Waals surface area contributed by atoms with E-state index in [1.807, 2.05) is 0 Å². The summed E-state index contributed by atoms with van der Waals surface area (Å²) in [7, 11) is 0. The van der Waals surface area contributed by atoms with E-state index in [2.05, 4.69) is 10.2 Å². The Morgan fingerprint density at radius 2 is 2.10 bits per heavy atom. The molecule has 2 aliphatic rings. The number of nitrogens with zero attached hydrogens (tertiary/aromatic N) is 2. The molecule has 0 amide bonds. The lowest BCUT2D eigenvalue weighted by atomic mass is 10.1. The first-order chi connectivity index (χ1) is 10.3. The number of hydrogen-bond donors (Lipinski definition) is 0. The van der Waals surface area contributed by atoms with Gasteiger partial charge in [0.2, 0.25) is 12.7 Å². The number of carbonyl (C=O) groups excluding carboxylic acids is 1. The summed E-state index contributed by atoms with van der Waals surface area (Å²) in [6.45, 7) is 0.202. The van der Waals surface area contributed by atoms with Gasteiger partial charge in [-0.2, -0.15) is 0 Å². The number of ether oxygens (including phenoxy) is 2. The number of rotatable bonds is 5. The molecule has 4 rings (SSSR count). The summed E-state index contributed by atoms with van der Waals surface area (Å²) in [5.74, 6) is 2.64. The van der Waals surface area contributed by atoms with Gasteiger partial charge in [-0.1, -0.05) is 11.8 Å². The summed E-state index contributed by atoms with van der Waals surface area (Å²) in [6.07, 6.45) is 2.23. The quantitative estimate of drug-likeness (QED) is 0.621. The highest BCUT2D eigenvalue weighted by molar-refractivity contribution is 7.99. The van der Waals surface area contributed by atoms with Crippen LogP contribution in [-0.2, 0) is 0 Å². The fourth-order valence-corrected chi connectivity index (χ4v) is 2.72. The lowest BCUT2D eigenvalue weighted by Crippen LogP contribution is -2.02.